The summed E-state index contributed by atoms with van der Waals surface area (Å²) < 4.78 is 10.6. The number of rotatable bonds is 4. The summed E-state index contributed by atoms with van der Waals surface area (Å²) in [4.78, 5) is 0. The van der Waals surface area contributed by atoms with Crippen molar-refractivity contribution in [3.63, 3.8) is 0 Å². The highest BCUT2D eigenvalue weighted by Gasteiger charge is 2.28. The van der Waals surface area contributed by atoms with Crippen LogP contribution in [0.3, 0.4) is 0 Å². The molecule has 0 radical (unpaired) electrons. The minimum absolute atomic E-state index is 0.324. The van der Waals surface area contributed by atoms with Crippen LogP contribution in [-0.4, -0.2) is 19.3 Å². The molecule has 19 heavy (non-hydrogen) atoms. The first-order valence-electron chi connectivity index (χ1n) is 7.05. The lowest BCUT2D eigenvalue weighted by Crippen LogP contribution is -2.20. The molecule has 0 spiro atoms. The molecule has 1 saturated carbocycles. The summed E-state index contributed by atoms with van der Waals surface area (Å²) in [6.45, 7) is 2.27. The first kappa shape index (κ1) is 14.2. The fourth-order valence-corrected chi connectivity index (χ4v) is 3.09. The number of benzene rings is 1. The summed E-state index contributed by atoms with van der Waals surface area (Å²) in [5.41, 5.74) is 0.848. The summed E-state index contributed by atoms with van der Waals surface area (Å²) in [5.74, 6) is 2.53. The topological polar surface area (TPSA) is 38.7 Å². The number of hydrogen-bond acceptors (Lipinski definition) is 3. The van der Waals surface area contributed by atoms with Gasteiger partial charge in [-0.05, 0) is 42.9 Å². The van der Waals surface area contributed by atoms with Crippen molar-refractivity contribution in [2.45, 2.75) is 38.7 Å². The van der Waals surface area contributed by atoms with Crippen molar-refractivity contribution in [3.05, 3.63) is 23.8 Å². The number of hydrogen-bond donors (Lipinski definition) is 1. The normalized spacial score (nSPS) is 24.8. The van der Waals surface area contributed by atoms with E-state index in [1.165, 1.54) is 12.8 Å². The molecule has 3 atom stereocenters. The van der Waals surface area contributed by atoms with E-state index < -0.39 is 6.10 Å². The van der Waals surface area contributed by atoms with E-state index in [0.717, 1.165) is 29.9 Å². The van der Waals surface area contributed by atoms with E-state index in [9.17, 15) is 5.11 Å². The van der Waals surface area contributed by atoms with Crippen LogP contribution in [0.1, 0.15) is 44.3 Å². The smallest absolute Gasteiger partial charge is 0.124 e. The van der Waals surface area contributed by atoms with Crippen molar-refractivity contribution in [2.75, 3.05) is 14.2 Å². The second kappa shape index (κ2) is 6.29. The van der Waals surface area contributed by atoms with E-state index in [2.05, 4.69) is 6.92 Å². The lowest BCUT2D eigenvalue weighted by molar-refractivity contribution is 0.0691. The van der Waals surface area contributed by atoms with Crippen molar-refractivity contribution >= 4 is 0 Å². The summed E-state index contributed by atoms with van der Waals surface area (Å²) >= 11 is 0. The summed E-state index contributed by atoms with van der Waals surface area (Å²) in [6, 6.07) is 5.62. The highest BCUT2D eigenvalue weighted by molar-refractivity contribution is 5.41. The van der Waals surface area contributed by atoms with E-state index in [1.54, 1.807) is 14.2 Å². The van der Waals surface area contributed by atoms with Crippen molar-refractivity contribution in [3.8, 4) is 11.5 Å². The molecule has 0 bridgehead atoms. The quantitative estimate of drug-likeness (QED) is 0.903. The average molecular weight is 264 g/mol. The van der Waals surface area contributed by atoms with Crippen LogP contribution < -0.4 is 9.47 Å². The first-order valence-corrected chi connectivity index (χ1v) is 7.05. The van der Waals surface area contributed by atoms with Crippen molar-refractivity contribution < 1.29 is 14.6 Å². The van der Waals surface area contributed by atoms with E-state index in [0.29, 0.717) is 11.8 Å². The predicted molar refractivity (Wildman–Crippen MR) is 75.6 cm³/mol. The third kappa shape index (κ3) is 3.21. The summed E-state index contributed by atoms with van der Waals surface area (Å²) in [7, 11) is 3.28. The van der Waals surface area contributed by atoms with Crippen LogP contribution in [0.15, 0.2) is 18.2 Å². The maximum absolute atomic E-state index is 10.7. The Kier molecular flexibility index (Phi) is 4.70. The molecule has 1 N–H and O–H groups in total. The minimum atomic E-state index is -0.465. The van der Waals surface area contributed by atoms with Crippen LogP contribution in [0, 0.1) is 11.8 Å². The van der Waals surface area contributed by atoms with E-state index >= 15 is 0 Å². The molecule has 1 aliphatic rings. The Labute approximate surface area is 115 Å². The zero-order chi connectivity index (χ0) is 13.8. The number of ether oxygens (including phenoxy) is 2. The van der Waals surface area contributed by atoms with Crippen LogP contribution in [0.4, 0.5) is 0 Å². The van der Waals surface area contributed by atoms with E-state index in [-0.39, 0.29) is 0 Å². The van der Waals surface area contributed by atoms with E-state index in [4.69, 9.17) is 9.47 Å². The SMILES string of the molecule is COc1ccc(OC)c(C(O)C2CCCC(C)C2)c1. The minimum Gasteiger partial charge on any atom is -0.497 e. The summed E-state index contributed by atoms with van der Waals surface area (Å²) in [5, 5.41) is 10.7. The van der Waals surface area contributed by atoms with E-state index in [1.807, 2.05) is 18.2 Å². The largest absolute Gasteiger partial charge is 0.497 e. The number of aliphatic hydroxyl groups excluding tert-OH is 1. The molecule has 0 heterocycles. The molecule has 3 nitrogen and oxygen atoms in total. The molecule has 0 aromatic heterocycles. The lowest BCUT2D eigenvalue weighted by Gasteiger charge is -2.31. The predicted octanol–water partition coefficient (Wildman–Crippen LogP) is 3.56. The molecule has 1 aliphatic carbocycles. The van der Waals surface area contributed by atoms with Gasteiger partial charge in [0, 0.05) is 5.56 Å². The van der Waals surface area contributed by atoms with Crippen LogP contribution in [0.5, 0.6) is 11.5 Å². The van der Waals surface area contributed by atoms with Gasteiger partial charge in [-0.3, -0.25) is 0 Å². The van der Waals surface area contributed by atoms with Gasteiger partial charge in [-0.2, -0.15) is 0 Å². The maximum Gasteiger partial charge on any atom is 0.124 e. The van der Waals surface area contributed by atoms with Gasteiger partial charge < -0.3 is 14.6 Å². The zero-order valence-corrected chi connectivity index (χ0v) is 12.1. The van der Waals surface area contributed by atoms with Crippen LogP contribution >= 0.6 is 0 Å². The zero-order valence-electron chi connectivity index (χ0n) is 12.1. The lowest BCUT2D eigenvalue weighted by atomic mass is 9.78. The van der Waals surface area contributed by atoms with Gasteiger partial charge in [0.25, 0.3) is 0 Å². The fraction of sp³-hybridized carbons (Fsp3) is 0.625. The standard InChI is InChI=1S/C16H24O3/c1-11-5-4-6-12(9-11)16(17)14-10-13(18-2)7-8-15(14)19-3/h7-8,10-12,16-17H,4-6,9H2,1-3H3. The third-order valence-corrected chi connectivity index (χ3v) is 4.18. The van der Waals surface area contributed by atoms with Gasteiger partial charge in [-0.15, -0.1) is 0 Å². The molecule has 0 aliphatic heterocycles. The van der Waals surface area contributed by atoms with Crippen molar-refractivity contribution in [1.29, 1.82) is 0 Å². The second-order valence-corrected chi connectivity index (χ2v) is 5.58. The van der Waals surface area contributed by atoms with Gasteiger partial charge in [0.2, 0.25) is 0 Å². The van der Waals surface area contributed by atoms with Crippen LogP contribution in [0.2, 0.25) is 0 Å². The number of aliphatic hydroxyl groups is 1. The first-order chi connectivity index (χ1) is 9.15. The van der Waals surface area contributed by atoms with Gasteiger partial charge in [-0.1, -0.05) is 19.8 Å². The molecule has 1 aromatic rings. The Bertz CT molecular complexity index is 416. The highest BCUT2D eigenvalue weighted by atomic mass is 16.5. The van der Waals surface area contributed by atoms with Gasteiger partial charge in [0.05, 0.1) is 20.3 Å². The van der Waals surface area contributed by atoms with Crippen molar-refractivity contribution in [1.82, 2.24) is 0 Å². The Morgan fingerprint density at radius 2 is 2.00 bits per heavy atom. The molecule has 106 valence electrons. The fourth-order valence-electron chi connectivity index (χ4n) is 3.09. The number of methoxy groups -OCH3 is 2. The molecule has 3 unspecified atom stereocenters. The Hall–Kier alpha value is -1.22. The third-order valence-electron chi connectivity index (χ3n) is 4.18. The van der Waals surface area contributed by atoms with Gasteiger partial charge in [-0.25, -0.2) is 0 Å². The molecule has 1 aromatic carbocycles. The Morgan fingerprint density at radius 1 is 1.21 bits per heavy atom. The van der Waals surface area contributed by atoms with Gasteiger partial charge >= 0.3 is 0 Å². The highest BCUT2D eigenvalue weighted by Crippen LogP contribution is 2.40. The molecular formula is C16H24O3. The molecule has 0 saturated heterocycles. The van der Waals surface area contributed by atoms with Gasteiger partial charge in [0.15, 0.2) is 0 Å². The maximum atomic E-state index is 10.7. The molecule has 3 heteroatoms. The average Bonchev–Trinajstić information content (AvgIpc) is 2.45. The Balaban J connectivity index is 2.23. The van der Waals surface area contributed by atoms with Crippen LogP contribution in [0.25, 0.3) is 0 Å². The molecule has 1 fully saturated rings. The monoisotopic (exact) mass is 264 g/mol. The van der Waals surface area contributed by atoms with Crippen molar-refractivity contribution in [2.24, 2.45) is 11.8 Å². The van der Waals surface area contributed by atoms with Crippen LogP contribution in [-0.2, 0) is 0 Å². The molecule has 2 rings (SSSR count). The molecular weight excluding hydrogens is 240 g/mol. The van der Waals surface area contributed by atoms with Gasteiger partial charge in [0.1, 0.15) is 11.5 Å². The molecule has 0 amide bonds. The Morgan fingerprint density at radius 3 is 2.63 bits per heavy atom. The second-order valence-electron chi connectivity index (χ2n) is 5.58. The summed E-state index contributed by atoms with van der Waals surface area (Å²) in [6.07, 6.45) is 4.19.